The van der Waals surface area contributed by atoms with Crippen LogP contribution in [0.5, 0.6) is 0 Å². The molecule has 1 atom stereocenters. The number of anilines is 1. The maximum atomic E-state index is 11.7. The molecule has 0 spiro atoms. The summed E-state index contributed by atoms with van der Waals surface area (Å²) in [5.41, 5.74) is 0.631. The number of carboxylic acid groups (broad SMARTS) is 1. The molecule has 0 heterocycles. The van der Waals surface area contributed by atoms with Crippen LogP contribution in [0.1, 0.15) is 20.3 Å². The van der Waals surface area contributed by atoms with E-state index in [0.717, 1.165) is 3.57 Å². The van der Waals surface area contributed by atoms with Gasteiger partial charge >= 0.3 is 12.0 Å². The average Bonchev–Trinajstić information content (AvgIpc) is 2.30. The van der Waals surface area contributed by atoms with Gasteiger partial charge in [-0.2, -0.15) is 0 Å². The minimum absolute atomic E-state index is 0.194. The number of hydrogen-bond acceptors (Lipinski definition) is 2. The van der Waals surface area contributed by atoms with Crippen molar-refractivity contribution in [1.29, 1.82) is 0 Å². The molecule has 5 nitrogen and oxygen atoms in total. The van der Waals surface area contributed by atoms with E-state index in [9.17, 15) is 9.59 Å². The second-order valence-electron chi connectivity index (χ2n) is 4.63. The Hall–Kier alpha value is -1.31. The molecule has 0 saturated heterocycles. The average molecular weight is 376 g/mol. The fraction of sp³-hybridized carbons (Fsp3) is 0.385. The second kappa shape index (κ2) is 7.32. The van der Waals surface area contributed by atoms with Crippen LogP contribution in [0, 0.1) is 9.49 Å². The third-order valence-corrected chi connectivity index (χ3v) is 3.13. The number of nitrogens with one attached hydrogen (secondary N) is 2. The summed E-state index contributed by atoms with van der Waals surface area (Å²) in [6.45, 7) is 3.82. The topological polar surface area (TPSA) is 78.4 Å². The molecule has 3 N–H and O–H groups in total. The van der Waals surface area contributed by atoms with Crippen LogP contribution in [0.2, 0.25) is 0 Å². The molecule has 19 heavy (non-hydrogen) atoms. The number of aliphatic carboxylic acids is 1. The number of rotatable bonds is 5. The molecule has 0 saturated carbocycles. The van der Waals surface area contributed by atoms with Crippen molar-refractivity contribution >= 4 is 40.3 Å². The zero-order chi connectivity index (χ0) is 14.4. The third kappa shape index (κ3) is 5.91. The molecule has 0 aromatic heterocycles. The number of halogens is 1. The lowest BCUT2D eigenvalue weighted by Gasteiger charge is -2.16. The van der Waals surface area contributed by atoms with Gasteiger partial charge in [0.05, 0.1) is 0 Å². The summed E-state index contributed by atoms with van der Waals surface area (Å²) < 4.78 is 1.06. The van der Waals surface area contributed by atoms with Crippen molar-refractivity contribution in [3.05, 3.63) is 27.8 Å². The van der Waals surface area contributed by atoms with E-state index in [1.165, 1.54) is 0 Å². The predicted molar refractivity (Wildman–Crippen MR) is 82.2 cm³/mol. The number of hydrogen-bond donors (Lipinski definition) is 3. The van der Waals surface area contributed by atoms with Gasteiger partial charge in [0.1, 0.15) is 6.04 Å². The van der Waals surface area contributed by atoms with Gasteiger partial charge in [0.2, 0.25) is 0 Å². The molecule has 0 radical (unpaired) electrons. The molecule has 6 heteroatoms. The molecular formula is C13H17IN2O3. The third-order valence-electron chi connectivity index (χ3n) is 2.41. The molecular weight excluding hydrogens is 359 g/mol. The van der Waals surface area contributed by atoms with Gasteiger partial charge in [-0.3, -0.25) is 0 Å². The molecule has 0 fully saturated rings. The molecule has 1 unspecified atom stereocenters. The minimum atomic E-state index is -1.02. The zero-order valence-electron chi connectivity index (χ0n) is 10.8. The Morgan fingerprint density at radius 3 is 2.32 bits per heavy atom. The molecule has 0 aliphatic rings. The quantitative estimate of drug-likeness (QED) is 0.692. The lowest BCUT2D eigenvalue weighted by Crippen LogP contribution is -2.43. The number of carbonyl (C=O) groups excluding carboxylic acids is 1. The largest absolute Gasteiger partial charge is 0.480 e. The predicted octanol–water partition coefficient (Wildman–Crippen LogP) is 2.91. The van der Waals surface area contributed by atoms with Crippen LogP contribution in [-0.2, 0) is 4.79 Å². The van der Waals surface area contributed by atoms with Gasteiger partial charge in [-0.15, -0.1) is 0 Å². The van der Waals surface area contributed by atoms with E-state index >= 15 is 0 Å². The van der Waals surface area contributed by atoms with E-state index in [4.69, 9.17) is 5.11 Å². The molecule has 0 aliphatic carbocycles. The van der Waals surface area contributed by atoms with Crippen LogP contribution in [0.15, 0.2) is 24.3 Å². The smallest absolute Gasteiger partial charge is 0.326 e. The van der Waals surface area contributed by atoms with Crippen molar-refractivity contribution in [3.63, 3.8) is 0 Å². The van der Waals surface area contributed by atoms with E-state index in [0.29, 0.717) is 12.1 Å². The summed E-state index contributed by atoms with van der Waals surface area (Å²) in [6, 6.07) is 5.87. The fourth-order valence-electron chi connectivity index (χ4n) is 1.55. The molecule has 1 aromatic carbocycles. The first-order chi connectivity index (χ1) is 8.88. The highest BCUT2D eigenvalue weighted by atomic mass is 127. The molecule has 0 bridgehead atoms. The van der Waals surface area contributed by atoms with Gasteiger partial charge in [-0.05, 0) is 59.2 Å². The summed E-state index contributed by atoms with van der Waals surface area (Å²) in [5.74, 6) is -0.828. The summed E-state index contributed by atoms with van der Waals surface area (Å²) in [7, 11) is 0. The standard InChI is InChI=1S/C13H17IN2O3/c1-8(2)7-11(12(17)18)16-13(19)15-10-5-3-9(14)4-6-10/h3-6,8,11H,7H2,1-2H3,(H,17,18)(H2,15,16,19). The molecule has 1 rings (SSSR count). The highest BCUT2D eigenvalue weighted by Crippen LogP contribution is 2.11. The first-order valence-corrected chi connectivity index (χ1v) is 7.02. The van der Waals surface area contributed by atoms with Gasteiger partial charge in [0.25, 0.3) is 0 Å². The van der Waals surface area contributed by atoms with Crippen LogP contribution < -0.4 is 10.6 Å². The summed E-state index contributed by atoms with van der Waals surface area (Å²) in [6.07, 6.45) is 0.398. The minimum Gasteiger partial charge on any atom is -0.480 e. The number of carboxylic acids is 1. The van der Waals surface area contributed by atoms with Crippen molar-refractivity contribution in [3.8, 4) is 0 Å². The van der Waals surface area contributed by atoms with E-state index in [1.54, 1.807) is 12.1 Å². The second-order valence-corrected chi connectivity index (χ2v) is 5.87. The first-order valence-electron chi connectivity index (χ1n) is 5.94. The highest BCUT2D eigenvalue weighted by molar-refractivity contribution is 14.1. The summed E-state index contributed by atoms with van der Waals surface area (Å²) in [5, 5.41) is 14.1. The number of carbonyl (C=O) groups is 2. The molecule has 2 amide bonds. The number of benzene rings is 1. The normalized spacial score (nSPS) is 12.0. The van der Waals surface area contributed by atoms with Gasteiger partial charge in [-0.25, -0.2) is 9.59 Å². The Balaban J connectivity index is 2.57. The Labute approximate surface area is 125 Å². The Morgan fingerprint density at radius 2 is 1.84 bits per heavy atom. The molecule has 1 aromatic rings. The van der Waals surface area contributed by atoms with E-state index in [2.05, 4.69) is 33.2 Å². The maximum absolute atomic E-state index is 11.7. The number of amides is 2. The Kier molecular flexibility index (Phi) is 6.07. The molecule has 0 aliphatic heterocycles. The summed E-state index contributed by atoms with van der Waals surface area (Å²) in [4.78, 5) is 22.7. The van der Waals surface area contributed by atoms with Crippen molar-refractivity contribution in [1.82, 2.24) is 5.32 Å². The van der Waals surface area contributed by atoms with Gasteiger partial charge in [0.15, 0.2) is 0 Å². The lowest BCUT2D eigenvalue weighted by molar-refractivity contribution is -0.139. The van der Waals surface area contributed by atoms with Crippen LogP contribution in [0.4, 0.5) is 10.5 Å². The SMILES string of the molecule is CC(C)CC(NC(=O)Nc1ccc(I)cc1)C(=O)O. The van der Waals surface area contributed by atoms with E-state index < -0.39 is 18.0 Å². The van der Waals surface area contributed by atoms with Crippen LogP contribution >= 0.6 is 22.6 Å². The van der Waals surface area contributed by atoms with Crippen LogP contribution in [0.3, 0.4) is 0 Å². The van der Waals surface area contributed by atoms with Crippen LogP contribution in [-0.4, -0.2) is 23.1 Å². The fourth-order valence-corrected chi connectivity index (χ4v) is 1.91. The first kappa shape index (κ1) is 15.7. The summed E-state index contributed by atoms with van der Waals surface area (Å²) >= 11 is 2.17. The van der Waals surface area contributed by atoms with Crippen LogP contribution in [0.25, 0.3) is 0 Å². The van der Waals surface area contributed by atoms with Gasteiger partial charge < -0.3 is 15.7 Å². The van der Waals surface area contributed by atoms with Gasteiger partial charge in [-0.1, -0.05) is 13.8 Å². The Bertz CT molecular complexity index is 446. The number of urea groups is 1. The monoisotopic (exact) mass is 376 g/mol. The maximum Gasteiger partial charge on any atom is 0.326 e. The van der Waals surface area contributed by atoms with Crippen molar-refractivity contribution in [2.45, 2.75) is 26.3 Å². The van der Waals surface area contributed by atoms with Crippen molar-refractivity contribution in [2.75, 3.05) is 5.32 Å². The van der Waals surface area contributed by atoms with Gasteiger partial charge in [0, 0.05) is 9.26 Å². The lowest BCUT2D eigenvalue weighted by atomic mass is 10.0. The van der Waals surface area contributed by atoms with Crippen molar-refractivity contribution in [2.24, 2.45) is 5.92 Å². The Morgan fingerprint density at radius 1 is 1.26 bits per heavy atom. The highest BCUT2D eigenvalue weighted by Gasteiger charge is 2.20. The zero-order valence-corrected chi connectivity index (χ0v) is 13.0. The van der Waals surface area contributed by atoms with E-state index in [1.807, 2.05) is 26.0 Å². The molecule has 104 valence electrons. The van der Waals surface area contributed by atoms with Crippen molar-refractivity contribution < 1.29 is 14.7 Å². The van der Waals surface area contributed by atoms with E-state index in [-0.39, 0.29) is 5.92 Å².